The van der Waals surface area contributed by atoms with Crippen LogP contribution in [-0.4, -0.2) is 66.5 Å². The van der Waals surface area contributed by atoms with E-state index >= 15 is 0 Å². The Morgan fingerprint density at radius 2 is 1.84 bits per heavy atom. The number of amides is 2. The molecule has 0 aromatic heterocycles. The Morgan fingerprint density at radius 3 is 2.50 bits per heavy atom. The van der Waals surface area contributed by atoms with Crippen molar-refractivity contribution >= 4 is 23.7 Å². The summed E-state index contributed by atoms with van der Waals surface area (Å²) in [5.74, 6) is -0.315. The van der Waals surface area contributed by atoms with Gasteiger partial charge in [-0.15, -0.1) is 0 Å². The number of likely N-dealkylation sites (tertiary alicyclic amines) is 1. The van der Waals surface area contributed by atoms with Crippen molar-refractivity contribution in [1.29, 1.82) is 0 Å². The van der Waals surface area contributed by atoms with E-state index in [-0.39, 0.29) is 60.9 Å². The predicted molar refractivity (Wildman–Crippen MR) is 140 cm³/mol. The average Bonchev–Trinajstić information content (AvgIpc) is 3.36. The highest BCUT2D eigenvalue weighted by molar-refractivity contribution is 6.04. The lowest BCUT2D eigenvalue weighted by Gasteiger charge is -2.25. The maximum absolute atomic E-state index is 13.4. The molecule has 0 unspecified atom stereocenters. The molecular formula is C28H36N2O8. The van der Waals surface area contributed by atoms with Gasteiger partial charge in [0.05, 0.1) is 44.0 Å². The summed E-state index contributed by atoms with van der Waals surface area (Å²) in [6.45, 7) is 5.67. The van der Waals surface area contributed by atoms with Crippen molar-refractivity contribution in [1.82, 2.24) is 4.90 Å². The van der Waals surface area contributed by atoms with E-state index in [1.807, 2.05) is 30.3 Å². The van der Waals surface area contributed by atoms with Crippen molar-refractivity contribution in [3.8, 4) is 11.5 Å². The Bertz CT molecular complexity index is 1110. The molecule has 10 heteroatoms. The van der Waals surface area contributed by atoms with Crippen molar-refractivity contribution in [3.05, 3.63) is 53.6 Å². The van der Waals surface area contributed by atoms with Crippen LogP contribution in [0.2, 0.25) is 0 Å². The highest BCUT2D eigenvalue weighted by Crippen LogP contribution is 2.36. The predicted octanol–water partition coefficient (Wildman–Crippen LogP) is 4.15. The molecule has 10 nitrogen and oxygen atoms in total. The third kappa shape index (κ3) is 8.11. The fourth-order valence-electron chi connectivity index (χ4n) is 4.03. The average molecular weight is 529 g/mol. The minimum Gasteiger partial charge on any atom is -0.493 e. The number of anilines is 1. The van der Waals surface area contributed by atoms with E-state index in [0.29, 0.717) is 13.0 Å². The van der Waals surface area contributed by atoms with Gasteiger partial charge in [0.1, 0.15) is 12.2 Å². The normalized spacial score (nSPS) is 15.1. The summed E-state index contributed by atoms with van der Waals surface area (Å²) in [4.78, 5) is 39.8. The van der Waals surface area contributed by atoms with Crippen molar-refractivity contribution in [2.24, 2.45) is 0 Å². The molecular weight excluding hydrogens is 492 g/mol. The van der Waals surface area contributed by atoms with Gasteiger partial charge >= 0.3 is 12.1 Å². The Kier molecular flexibility index (Phi) is 9.95. The molecule has 2 N–H and O–H groups in total. The van der Waals surface area contributed by atoms with Gasteiger partial charge in [-0.3, -0.25) is 14.9 Å². The maximum atomic E-state index is 13.4. The lowest BCUT2D eigenvalue weighted by atomic mass is 10.1. The number of hydrogen-bond acceptors (Lipinski definition) is 8. The molecule has 206 valence electrons. The second-order valence-electron chi connectivity index (χ2n) is 9.90. The van der Waals surface area contributed by atoms with E-state index in [4.69, 9.17) is 18.9 Å². The highest BCUT2D eigenvalue weighted by atomic mass is 16.6. The number of rotatable bonds is 10. The van der Waals surface area contributed by atoms with Crippen LogP contribution in [0, 0.1) is 0 Å². The van der Waals surface area contributed by atoms with E-state index in [1.54, 1.807) is 25.7 Å². The van der Waals surface area contributed by atoms with Gasteiger partial charge in [-0.1, -0.05) is 30.3 Å². The van der Waals surface area contributed by atoms with Gasteiger partial charge in [-0.05, 0) is 45.2 Å². The van der Waals surface area contributed by atoms with E-state index in [1.165, 1.54) is 19.2 Å². The summed E-state index contributed by atoms with van der Waals surface area (Å²) < 4.78 is 21.9. The Morgan fingerprint density at radius 1 is 1.11 bits per heavy atom. The number of aliphatic hydroxyl groups is 1. The SMILES string of the molecule is COc1cc(C(=O)N2CCC[C@H]2CO)c(NC(=O)OC(C)(C)C)cc1OCCC(=O)OCc1ccccc1. The van der Waals surface area contributed by atoms with Crippen LogP contribution in [-0.2, 0) is 20.9 Å². The molecule has 0 aliphatic carbocycles. The number of nitrogens with zero attached hydrogens (tertiary/aromatic N) is 1. The molecule has 1 heterocycles. The van der Waals surface area contributed by atoms with Crippen LogP contribution in [0.25, 0.3) is 0 Å². The second kappa shape index (κ2) is 13.1. The van der Waals surface area contributed by atoms with Crippen molar-refractivity contribution in [2.45, 2.75) is 58.3 Å². The molecule has 1 aliphatic heterocycles. The Labute approximate surface area is 222 Å². The summed E-state index contributed by atoms with van der Waals surface area (Å²) >= 11 is 0. The number of carbonyl (C=O) groups excluding carboxylic acids is 3. The molecule has 0 saturated carbocycles. The molecule has 2 aromatic rings. The second-order valence-corrected chi connectivity index (χ2v) is 9.90. The topological polar surface area (TPSA) is 124 Å². The number of aliphatic hydroxyl groups excluding tert-OH is 1. The molecule has 0 spiro atoms. The molecule has 2 amide bonds. The number of esters is 1. The summed E-state index contributed by atoms with van der Waals surface area (Å²) in [5.41, 5.74) is 0.456. The summed E-state index contributed by atoms with van der Waals surface area (Å²) in [7, 11) is 1.43. The molecule has 0 radical (unpaired) electrons. The first-order valence-corrected chi connectivity index (χ1v) is 12.6. The highest BCUT2D eigenvalue weighted by Gasteiger charge is 2.31. The summed E-state index contributed by atoms with van der Waals surface area (Å²) in [6.07, 6.45) is 0.699. The molecule has 1 fully saturated rings. The first-order valence-electron chi connectivity index (χ1n) is 12.6. The van der Waals surface area contributed by atoms with Crippen LogP contribution in [0.4, 0.5) is 10.5 Å². The Balaban J connectivity index is 1.76. The minimum absolute atomic E-state index is 0.0120. The summed E-state index contributed by atoms with van der Waals surface area (Å²) in [5, 5.41) is 12.3. The van der Waals surface area contributed by atoms with Crippen LogP contribution in [0.1, 0.15) is 56.0 Å². The van der Waals surface area contributed by atoms with E-state index in [0.717, 1.165) is 12.0 Å². The van der Waals surface area contributed by atoms with Gasteiger partial charge in [-0.25, -0.2) is 4.79 Å². The van der Waals surface area contributed by atoms with E-state index in [2.05, 4.69) is 5.32 Å². The molecule has 1 atom stereocenters. The van der Waals surface area contributed by atoms with Crippen molar-refractivity contribution in [2.75, 3.05) is 32.2 Å². The number of methoxy groups -OCH3 is 1. The van der Waals surface area contributed by atoms with Gasteiger partial charge < -0.3 is 29.0 Å². The standard InChI is InChI=1S/C28H36N2O8/c1-28(2,3)38-27(34)29-22-16-24(36-14-12-25(32)37-18-19-9-6-5-7-10-19)23(35-4)15-21(22)26(33)30-13-8-11-20(30)17-31/h5-7,9-10,15-16,20,31H,8,11-14,17-18H2,1-4H3,(H,29,34)/t20-/m0/s1. The monoisotopic (exact) mass is 528 g/mol. The van der Waals surface area contributed by atoms with Crippen LogP contribution in [0.5, 0.6) is 11.5 Å². The fraction of sp³-hybridized carbons (Fsp3) is 0.464. The molecule has 2 aromatic carbocycles. The number of ether oxygens (including phenoxy) is 4. The van der Waals surface area contributed by atoms with E-state index < -0.39 is 17.7 Å². The number of nitrogens with one attached hydrogen (secondary N) is 1. The minimum atomic E-state index is -0.753. The van der Waals surface area contributed by atoms with Crippen LogP contribution >= 0.6 is 0 Å². The van der Waals surface area contributed by atoms with Crippen LogP contribution < -0.4 is 14.8 Å². The molecule has 38 heavy (non-hydrogen) atoms. The first kappa shape index (κ1) is 28.8. The zero-order valence-electron chi connectivity index (χ0n) is 22.3. The zero-order valence-corrected chi connectivity index (χ0v) is 22.3. The van der Waals surface area contributed by atoms with Gasteiger partial charge in [-0.2, -0.15) is 0 Å². The fourth-order valence-corrected chi connectivity index (χ4v) is 4.03. The molecule has 1 aliphatic rings. The molecule has 0 bridgehead atoms. The lowest BCUT2D eigenvalue weighted by Crippen LogP contribution is -2.38. The third-order valence-electron chi connectivity index (χ3n) is 5.82. The van der Waals surface area contributed by atoms with E-state index in [9.17, 15) is 19.5 Å². The lowest BCUT2D eigenvalue weighted by molar-refractivity contribution is -0.145. The van der Waals surface area contributed by atoms with Gasteiger partial charge in [0.15, 0.2) is 11.5 Å². The number of hydrogen-bond donors (Lipinski definition) is 2. The van der Waals surface area contributed by atoms with Gasteiger partial charge in [0.25, 0.3) is 5.91 Å². The van der Waals surface area contributed by atoms with Crippen molar-refractivity contribution < 1.29 is 38.4 Å². The summed E-state index contributed by atoms with van der Waals surface area (Å²) in [6, 6.07) is 12.0. The Hall–Kier alpha value is -3.79. The molecule has 1 saturated heterocycles. The number of benzene rings is 2. The molecule has 3 rings (SSSR count). The quantitative estimate of drug-likeness (QED) is 0.441. The van der Waals surface area contributed by atoms with Gasteiger partial charge in [0.2, 0.25) is 0 Å². The first-order chi connectivity index (χ1) is 18.1. The maximum Gasteiger partial charge on any atom is 0.412 e. The van der Waals surface area contributed by atoms with Gasteiger partial charge in [0, 0.05) is 12.6 Å². The third-order valence-corrected chi connectivity index (χ3v) is 5.82. The largest absolute Gasteiger partial charge is 0.493 e. The van der Waals surface area contributed by atoms with Crippen molar-refractivity contribution in [3.63, 3.8) is 0 Å². The number of carbonyl (C=O) groups is 3. The smallest absolute Gasteiger partial charge is 0.412 e. The van der Waals surface area contributed by atoms with Crippen LogP contribution in [0.15, 0.2) is 42.5 Å². The van der Waals surface area contributed by atoms with Crippen LogP contribution in [0.3, 0.4) is 0 Å². The zero-order chi connectivity index (χ0) is 27.7.